The highest BCUT2D eigenvalue weighted by Gasteiger charge is 2.01. The fourth-order valence-corrected chi connectivity index (χ4v) is 1.69. The van der Waals surface area contributed by atoms with Crippen LogP contribution in [-0.2, 0) is 9.47 Å². The van der Waals surface area contributed by atoms with Crippen LogP contribution < -0.4 is 0 Å². The van der Waals surface area contributed by atoms with E-state index in [4.69, 9.17) is 9.47 Å². The van der Waals surface area contributed by atoms with Crippen LogP contribution in [0, 0.1) is 6.92 Å². The number of ether oxygens (including phenoxy) is 2. The maximum atomic E-state index is 5.46. The Bertz CT molecular complexity index is 409. The first-order chi connectivity index (χ1) is 9.15. The van der Waals surface area contributed by atoms with Crippen molar-refractivity contribution >= 4 is 6.08 Å². The van der Waals surface area contributed by atoms with Crippen LogP contribution >= 0.6 is 0 Å². The van der Waals surface area contributed by atoms with E-state index in [1.807, 2.05) is 26.0 Å². The largest absolute Gasteiger partial charge is 0.349 e. The Balaban J connectivity index is 2.65. The highest BCUT2D eigenvalue weighted by atomic mass is 16.7. The molecule has 0 N–H and O–H groups in total. The summed E-state index contributed by atoms with van der Waals surface area (Å²) in [6.07, 6.45) is 5.88. The van der Waals surface area contributed by atoms with Gasteiger partial charge >= 0.3 is 0 Å². The van der Waals surface area contributed by atoms with Crippen molar-refractivity contribution in [3.05, 3.63) is 53.1 Å². The van der Waals surface area contributed by atoms with E-state index in [2.05, 4.69) is 44.2 Å². The number of rotatable bonds is 7. The lowest BCUT2D eigenvalue weighted by Gasteiger charge is -2.12. The van der Waals surface area contributed by atoms with Crippen molar-refractivity contribution in [2.45, 2.75) is 34.0 Å². The van der Waals surface area contributed by atoms with Crippen LogP contribution in [-0.4, -0.2) is 19.5 Å². The first-order valence-corrected chi connectivity index (χ1v) is 6.82. The van der Waals surface area contributed by atoms with Crippen molar-refractivity contribution in [3.63, 3.8) is 0 Å². The summed E-state index contributed by atoms with van der Waals surface area (Å²) in [5, 5.41) is 0. The van der Waals surface area contributed by atoms with E-state index >= 15 is 0 Å². The molecule has 0 amide bonds. The molecular formula is C17H24O2. The van der Waals surface area contributed by atoms with Crippen molar-refractivity contribution in [3.8, 4) is 0 Å². The summed E-state index contributed by atoms with van der Waals surface area (Å²) in [6.45, 7) is 9.40. The lowest BCUT2D eigenvalue weighted by atomic mass is 10.2. The Labute approximate surface area is 116 Å². The molecular weight excluding hydrogens is 237 g/mol. The van der Waals surface area contributed by atoms with Gasteiger partial charge in [0, 0.05) is 13.2 Å². The topological polar surface area (TPSA) is 18.5 Å². The molecule has 0 bridgehead atoms. The van der Waals surface area contributed by atoms with Crippen molar-refractivity contribution in [2.24, 2.45) is 0 Å². The van der Waals surface area contributed by atoms with Gasteiger partial charge in [-0.15, -0.1) is 0 Å². The predicted octanol–water partition coefficient (Wildman–Crippen LogP) is 4.35. The lowest BCUT2D eigenvalue weighted by Crippen LogP contribution is -2.14. The smallest absolute Gasteiger partial charge is 0.177 e. The molecule has 19 heavy (non-hydrogen) atoms. The first-order valence-electron chi connectivity index (χ1n) is 6.82. The monoisotopic (exact) mass is 261 g/mol. The molecule has 0 unspecified atom stereocenters. The van der Waals surface area contributed by atoms with Crippen LogP contribution in [0.3, 0.4) is 0 Å². The molecule has 2 heteroatoms. The normalized spacial score (nSPS) is 12.6. The first kappa shape index (κ1) is 15.7. The van der Waals surface area contributed by atoms with Gasteiger partial charge in [-0.2, -0.15) is 0 Å². The van der Waals surface area contributed by atoms with Gasteiger partial charge in [-0.1, -0.05) is 47.6 Å². The number of allylic oxidation sites excluding steroid dienone is 2. The Kier molecular flexibility index (Phi) is 7.16. The van der Waals surface area contributed by atoms with Gasteiger partial charge in [0.05, 0.1) is 0 Å². The molecule has 0 radical (unpaired) electrons. The van der Waals surface area contributed by atoms with Gasteiger partial charge in [-0.05, 0) is 39.3 Å². The van der Waals surface area contributed by atoms with Gasteiger partial charge in [-0.3, -0.25) is 0 Å². The molecule has 0 spiro atoms. The molecule has 0 fully saturated rings. The summed E-state index contributed by atoms with van der Waals surface area (Å²) in [7, 11) is 0. The highest BCUT2D eigenvalue weighted by Crippen LogP contribution is 2.10. The predicted molar refractivity (Wildman–Crippen MR) is 81.0 cm³/mol. The average Bonchev–Trinajstić information content (AvgIpc) is 2.39. The molecule has 1 aromatic rings. The Morgan fingerprint density at radius 3 is 2.21 bits per heavy atom. The zero-order valence-electron chi connectivity index (χ0n) is 12.3. The molecule has 0 aliphatic carbocycles. The number of hydrogen-bond acceptors (Lipinski definition) is 2. The van der Waals surface area contributed by atoms with E-state index in [0.717, 1.165) is 0 Å². The zero-order chi connectivity index (χ0) is 14.1. The molecule has 0 atom stereocenters. The second kappa shape index (κ2) is 8.68. The Morgan fingerprint density at radius 2 is 1.68 bits per heavy atom. The van der Waals surface area contributed by atoms with Crippen LogP contribution in [0.2, 0.25) is 0 Å². The SMILES string of the molecule is CCOC(/C=C/C(C)=C/[13c]1ccc(C)cc1)OCC. The summed E-state index contributed by atoms with van der Waals surface area (Å²) in [5.74, 6) is 0. The quantitative estimate of drug-likeness (QED) is 0.536. The molecule has 0 heterocycles. The summed E-state index contributed by atoms with van der Waals surface area (Å²) >= 11 is 0. The van der Waals surface area contributed by atoms with Crippen LogP contribution in [0.5, 0.6) is 0 Å². The molecule has 1 aromatic carbocycles. The zero-order valence-corrected chi connectivity index (χ0v) is 12.3. The maximum absolute atomic E-state index is 5.46. The van der Waals surface area contributed by atoms with E-state index in [0.29, 0.717) is 13.2 Å². The van der Waals surface area contributed by atoms with E-state index < -0.39 is 0 Å². The van der Waals surface area contributed by atoms with Gasteiger partial charge in [0.25, 0.3) is 0 Å². The molecule has 0 aliphatic heterocycles. The van der Waals surface area contributed by atoms with Crippen molar-refractivity contribution in [1.82, 2.24) is 0 Å². The molecule has 0 saturated carbocycles. The molecule has 104 valence electrons. The number of benzene rings is 1. The van der Waals surface area contributed by atoms with E-state index in [1.165, 1.54) is 16.7 Å². The second-order valence-electron chi connectivity index (χ2n) is 4.44. The molecule has 2 nitrogen and oxygen atoms in total. The molecule has 0 saturated heterocycles. The Morgan fingerprint density at radius 1 is 1.11 bits per heavy atom. The minimum Gasteiger partial charge on any atom is -0.349 e. The van der Waals surface area contributed by atoms with E-state index in [-0.39, 0.29) is 6.29 Å². The number of aryl methyl sites for hydroxylation is 1. The van der Waals surface area contributed by atoms with Crippen LogP contribution in [0.1, 0.15) is 31.9 Å². The van der Waals surface area contributed by atoms with Gasteiger partial charge in [0.2, 0.25) is 0 Å². The van der Waals surface area contributed by atoms with Gasteiger partial charge in [0.1, 0.15) is 0 Å². The standard InChI is InChI=1S/C17H24O2/c1-5-18-17(19-6-2)12-9-15(4)13-16-10-7-14(3)8-11-16/h7-13,17H,5-6H2,1-4H3/b12-9+,15-13+/i16+1. The third-order valence-corrected chi connectivity index (χ3v) is 2.65. The molecule has 0 aromatic heterocycles. The minimum atomic E-state index is -0.253. The molecule has 0 aliphatic rings. The van der Waals surface area contributed by atoms with Crippen molar-refractivity contribution in [1.29, 1.82) is 0 Å². The minimum absolute atomic E-state index is 0.253. The van der Waals surface area contributed by atoms with Gasteiger partial charge < -0.3 is 9.47 Å². The van der Waals surface area contributed by atoms with E-state index in [9.17, 15) is 0 Å². The highest BCUT2D eigenvalue weighted by molar-refractivity contribution is 5.55. The second-order valence-corrected chi connectivity index (χ2v) is 4.44. The third kappa shape index (κ3) is 6.37. The van der Waals surface area contributed by atoms with E-state index in [1.54, 1.807) is 0 Å². The maximum Gasteiger partial charge on any atom is 0.177 e. The van der Waals surface area contributed by atoms with Crippen LogP contribution in [0.15, 0.2) is 42.0 Å². The molecule has 1 rings (SSSR count). The summed E-state index contributed by atoms with van der Waals surface area (Å²) in [6, 6.07) is 8.47. The fraction of sp³-hybridized carbons (Fsp3) is 0.412. The van der Waals surface area contributed by atoms with Crippen LogP contribution in [0.4, 0.5) is 0 Å². The van der Waals surface area contributed by atoms with Crippen molar-refractivity contribution in [2.75, 3.05) is 13.2 Å². The fourth-order valence-electron chi connectivity index (χ4n) is 1.69. The number of hydrogen-bond donors (Lipinski definition) is 0. The van der Waals surface area contributed by atoms with Crippen molar-refractivity contribution < 1.29 is 9.47 Å². The third-order valence-electron chi connectivity index (χ3n) is 2.65. The summed E-state index contributed by atoms with van der Waals surface area (Å²) in [4.78, 5) is 0. The Hall–Kier alpha value is -1.38. The van der Waals surface area contributed by atoms with Crippen LogP contribution in [0.25, 0.3) is 6.08 Å². The summed E-state index contributed by atoms with van der Waals surface area (Å²) < 4.78 is 10.9. The summed E-state index contributed by atoms with van der Waals surface area (Å²) in [5.41, 5.74) is 3.66. The lowest BCUT2D eigenvalue weighted by molar-refractivity contribution is -0.103. The average molecular weight is 261 g/mol. The van der Waals surface area contributed by atoms with Gasteiger partial charge in [0.15, 0.2) is 6.29 Å². The van der Waals surface area contributed by atoms with Gasteiger partial charge in [-0.25, -0.2) is 0 Å².